The van der Waals surface area contributed by atoms with Gasteiger partial charge in [-0.3, -0.25) is 19.3 Å². The van der Waals surface area contributed by atoms with Crippen LogP contribution in [0.5, 0.6) is 5.75 Å². The summed E-state index contributed by atoms with van der Waals surface area (Å²) in [5.41, 5.74) is 8.89. The molecule has 2 aromatic rings. The van der Waals surface area contributed by atoms with Gasteiger partial charge in [0, 0.05) is 24.6 Å². The molecule has 2 aromatic carbocycles. The SMILES string of the molecule is CN(Cc1cccc(-c2ccc(O)c3c2CC2CC4CC(=O)C(C(N)=O)=C(O)C4C(=O)C2=C3O)c1)C1CCCCC1. The third-order valence-electron chi connectivity index (χ3n) is 9.64. The molecule has 3 atom stereocenters. The second kappa shape index (κ2) is 10.5. The Balaban J connectivity index is 1.37. The number of carbonyl (C=O) groups is 3. The molecule has 4 aliphatic rings. The van der Waals surface area contributed by atoms with E-state index in [-0.39, 0.29) is 29.1 Å². The Morgan fingerprint density at radius 2 is 1.78 bits per heavy atom. The highest BCUT2D eigenvalue weighted by Gasteiger charge is 2.51. The Hall–Kier alpha value is -3.91. The van der Waals surface area contributed by atoms with Crippen molar-refractivity contribution < 1.29 is 29.7 Å². The van der Waals surface area contributed by atoms with Gasteiger partial charge < -0.3 is 21.1 Å². The molecule has 4 aliphatic carbocycles. The molecule has 1 amide bonds. The first kappa shape index (κ1) is 27.3. The molecule has 8 nitrogen and oxygen atoms in total. The first-order valence-electron chi connectivity index (χ1n) is 14.5. The summed E-state index contributed by atoms with van der Waals surface area (Å²) in [7, 11) is 2.18. The fourth-order valence-corrected chi connectivity index (χ4v) is 7.69. The van der Waals surface area contributed by atoms with Crippen LogP contribution in [0.15, 0.2) is 53.3 Å². The molecule has 2 saturated carbocycles. The highest BCUT2D eigenvalue weighted by molar-refractivity contribution is 6.21. The van der Waals surface area contributed by atoms with Gasteiger partial charge in [-0.15, -0.1) is 0 Å². The number of fused-ring (bicyclic) bond motifs is 3. The number of hydrogen-bond donors (Lipinski definition) is 4. The number of phenolic OH excluding ortho intramolecular Hbond substituents is 1. The van der Waals surface area contributed by atoms with E-state index in [0.29, 0.717) is 18.9 Å². The Bertz CT molecular complexity index is 1520. The van der Waals surface area contributed by atoms with Crippen molar-refractivity contribution in [1.82, 2.24) is 4.90 Å². The second-order valence-electron chi connectivity index (χ2n) is 12.1. The molecule has 0 bridgehead atoms. The predicted octanol–water partition coefficient (Wildman–Crippen LogP) is 4.74. The lowest BCUT2D eigenvalue weighted by atomic mass is 9.61. The molecule has 41 heavy (non-hydrogen) atoms. The van der Waals surface area contributed by atoms with Gasteiger partial charge in [0.1, 0.15) is 22.8 Å². The number of aliphatic hydroxyl groups excluding tert-OH is 2. The molecule has 6 rings (SSSR count). The van der Waals surface area contributed by atoms with E-state index in [1.165, 1.54) is 43.7 Å². The maximum absolute atomic E-state index is 13.7. The van der Waals surface area contributed by atoms with Crippen LogP contribution in [0.2, 0.25) is 0 Å². The zero-order valence-corrected chi connectivity index (χ0v) is 23.2. The van der Waals surface area contributed by atoms with Crippen molar-refractivity contribution in [2.75, 3.05) is 7.05 Å². The fourth-order valence-electron chi connectivity index (χ4n) is 7.69. The smallest absolute Gasteiger partial charge is 0.255 e. The van der Waals surface area contributed by atoms with Gasteiger partial charge in [-0.05, 0) is 79.0 Å². The van der Waals surface area contributed by atoms with E-state index in [9.17, 15) is 29.7 Å². The zero-order valence-electron chi connectivity index (χ0n) is 23.2. The number of benzene rings is 2. The lowest BCUT2D eigenvalue weighted by molar-refractivity contribution is -0.127. The average molecular weight is 557 g/mol. The lowest BCUT2D eigenvalue weighted by Crippen LogP contribution is -2.44. The molecule has 5 N–H and O–H groups in total. The quantitative estimate of drug-likeness (QED) is 0.390. The third-order valence-corrected chi connectivity index (χ3v) is 9.64. The number of nitrogens with zero attached hydrogens (tertiary/aromatic N) is 1. The van der Waals surface area contributed by atoms with Gasteiger partial charge >= 0.3 is 0 Å². The molecule has 0 heterocycles. The number of Topliss-reactive ketones (excluding diaryl/α,β-unsaturated/α-hetero) is 2. The van der Waals surface area contributed by atoms with Crippen LogP contribution in [-0.4, -0.2) is 50.8 Å². The largest absolute Gasteiger partial charge is 0.511 e. The van der Waals surface area contributed by atoms with Crippen LogP contribution in [0, 0.1) is 17.8 Å². The van der Waals surface area contributed by atoms with Crippen molar-refractivity contribution in [3.05, 3.63) is 70.0 Å². The molecule has 3 unspecified atom stereocenters. The molecule has 0 aromatic heterocycles. The predicted molar refractivity (Wildman–Crippen MR) is 154 cm³/mol. The fraction of sp³-hybridized carbons (Fsp3) is 0.424. The number of rotatable bonds is 5. The number of aromatic hydroxyl groups is 1. The number of nitrogens with two attached hydrogens (primary N) is 1. The molecule has 2 fully saturated rings. The summed E-state index contributed by atoms with van der Waals surface area (Å²) < 4.78 is 0. The van der Waals surface area contributed by atoms with Crippen LogP contribution in [0.4, 0.5) is 0 Å². The van der Waals surface area contributed by atoms with Gasteiger partial charge in [-0.25, -0.2) is 0 Å². The van der Waals surface area contributed by atoms with Crippen LogP contribution in [-0.2, 0) is 27.3 Å². The number of primary amides is 1. The van der Waals surface area contributed by atoms with Crippen molar-refractivity contribution in [1.29, 1.82) is 0 Å². The number of hydrogen-bond acceptors (Lipinski definition) is 7. The van der Waals surface area contributed by atoms with Gasteiger partial charge in [0.05, 0.1) is 11.5 Å². The molecular formula is C33H36N2O6. The van der Waals surface area contributed by atoms with Crippen molar-refractivity contribution in [3.63, 3.8) is 0 Å². The first-order chi connectivity index (χ1) is 19.7. The minimum Gasteiger partial charge on any atom is -0.511 e. The van der Waals surface area contributed by atoms with Crippen molar-refractivity contribution in [2.45, 2.75) is 64.0 Å². The summed E-state index contributed by atoms with van der Waals surface area (Å²) in [4.78, 5) is 40.5. The Labute approximate surface area is 239 Å². The lowest BCUT2D eigenvalue weighted by Gasteiger charge is -2.41. The molecule has 214 valence electrons. The Morgan fingerprint density at radius 3 is 2.51 bits per heavy atom. The van der Waals surface area contributed by atoms with Crippen molar-refractivity contribution in [3.8, 4) is 16.9 Å². The third kappa shape index (κ3) is 4.64. The van der Waals surface area contributed by atoms with Crippen LogP contribution >= 0.6 is 0 Å². The Kier molecular flexibility index (Phi) is 6.98. The summed E-state index contributed by atoms with van der Waals surface area (Å²) >= 11 is 0. The highest BCUT2D eigenvalue weighted by atomic mass is 16.3. The molecule has 0 radical (unpaired) electrons. The summed E-state index contributed by atoms with van der Waals surface area (Å²) in [6.07, 6.45) is 7.00. The number of amides is 1. The highest BCUT2D eigenvalue weighted by Crippen LogP contribution is 2.51. The number of aliphatic hydroxyl groups is 2. The molecular weight excluding hydrogens is 520 g/mol. The number of allylic oxidation sites excluding steroid dienone is 2. The minimum absolute atomic E-state index is 0.0698. The van der Waals surface area contributed by atoms with Crippen molar-refractivity contribution in [2.24, 2.45) is 23.5 Å². The van der Waals surface area contributed by atoms with E-state index >= 15 is 0 Å². The standard InChI is InChI=1S/C33H36N2O6/c1-35(21-8-3-2-4-9-21)16-17-6-5-7-18(12-17)22-10-11-24(36)28-23(22)14-19-13-20-15-25(37)29(33(34)41)32(40)27(20)30(38)26(19)31(28)39/h5-7,10-12,19-21,27,36,39-40H,2-4,8-9,13-16H2,1H3,(H2,34,41). The van der Waals surface area contributed by atoms with E-state index < -0.39 is 46.6 Å². The number of carbonyl (C=O) groups excluding carboxylic acids is 3. The molecule has 0 aliphatic heterocycles. The van der Waals surface area contributed by atoms with Crippen LogP contribution < -0.4 is 5.73 Å². The van der Waals surface area contributed by atoms with Crippen molar-refractivity contribution >= 4 is 23.2 Å². The molecule has 8 heteroatoms. The first-order valence-corrected chi connectivity index (χ1v) is 14.5. The summed E-state index contributed by atoms with van der Waals surface area (Å²) in [6, 6.07) is 12.3. The van der Waals surface area contributed by atoms with E-state index in [1.54, 1.807) is 0 Å². The van der Waals surface area contributed by atoms with Gasteiger partial charge in [0.25, 0.3) is 5.91 Å². The zero-order chi connectivity index (χ0) is 29.0. The van der Waals surface area contributed by atoms with E-state index in [4.69, 9.17) is 5.73 Å². The number of phenols is 1. The van der Waals surface area contributed by atoms with E-state index in [0.717, 1.165) is 23.2 Å². The monoisotopic (exact) mass is 556 g/mol. The van der Waals surface area contributed by atoms with E-state index in [2.05, 4.69) is 24.1 Å². The van der Waals surface area contributed by atoms with E-state index in [1.807, 2.05) is 18.2 Å². The van der Waals surface area contributed by atoms with Crippen LogP contribution in [0.1, 0.15) is 61.6 Å². The minimum atomic E-state index is -1.12. The topological polar surface area (TPSA) is 141 Å². The van der Waals surface area contributed by atoms with Crippen LogP contribution in [0.25, 0.3) is 16.9 Å². The van der Waals surface area contributed by atoms with Gasteiger partial charge in [-0.1, -0.05) is 43.5 Å². The van der Waals surface area contributed by atoms with Crippen LogP contribution in [0.3, 0.4) is 0 Å². The maximum Gasteiger partial charge on any atom is 0.255 e. The number of ketones is 2. The summed E-state index contributed by atoms with van der Waals surface area (Å²) in [5, 5.41) is 33.0. The summed E-state index contributed by atoms with van der Waals surface area (Å²) in [5.74, 6) is -5.23. The molecule has 0 spiro atoms. The normalized spacial score (nSPS) is 24.8. The van der Waals surface area contributed by atoms with Gasteiger partial charge in [0.2, 0.25) is 0 Å². The maximum atomic E-state index is 13.7. The average Bonchev–Trinajstić information content (AvgIpc) is 2.93. The summed E-state index contributed by atoms with van der Waals surface area (Å²) in [6.45, 7) is 0.826. The second-order valence-corrected chi connectivity index (χ2v) is 12.1. The Morgan fingerprint density at radius 1 is 1.02 bits per heavy atom. The van der Waals surface area contributed by atoms with Gasteiger partial charge in [-0.2, -0.15) is 0 Å². The molecule has 0 saturated heterocycles. The van der Waals surface area contributed by atoms with Gasteiger partial charge in [0.15, 0.2) is 11.6 Å².